The fourth-order valence-corrected chi connectivity index (χ4v) is 0.448. The van der Waals surface area contributed by atoms with E-state index in [1.165, 1.54) is 12.0 Å². The first kappa shape index (κ1) is 7.78. The van der Waals surface area contributed by atoms with Gasteiger partial charge < -0.3 is 8.92 Å². The van der Waals surface area contributed by atoms with Gasteiger partial charge in [-0.15, -0.1) is 0 Å². The molecule has 0 saturated carbocycles. The van der Waals surface area contributed by atoms with Gasteiger partial charge in [0.1, 0.15) is 6.61 Å². The largest absolute Gasteiger partial charge is 0.465 e. The molecule has 0 radical (unpaired) electrons. The highest BCUT2D eigenvalue weighted by Gasteiger charge is 1.82. The second kappa shape index (κ2) is 6.78. The van der Waals surface area contributed by atoms with Crippen molar-refractivity contribution in [3.05, 3.63) is 0 Å². The van der Waals surface area contributed by atoms with Crippen LogP contribution in [0.5, 0.6) is 0 Å². The molecule has 48 valence electrons. The normalized spacial score (nSPS) is 8.62. The third-order valence-corrected chi connectivity index (χ3v) is 0.873. The SMILES string of the molecule is CSOCCOC=O. The molecule has 0 bridgehead atoms. The number of hydrogen-bond acceptors (Lipinski definition) is 4. The highest BCUT2D eigenvalue weighted by molar-refractivity contribution is 7.93. The lowest BCUT2D eigenvalue weighted by atomic mass is 10.8. The van der Waals surface area contributed by atoms with Gasteiger partial charge in [0, 0.05) is 6.26 Å². The Morgan fingerprint density at radius 1 is 1.62 bits per heavy atom. The van der Waals surface area contributed by atoms with E-state index >= 15 is 0 Å². The number of ether oxygens (including phenoxy) is 1. The average Bonchev–Trinajstić information content (AvgIpc) is 1.81. The highest BCUT2D eigenvalue weighted by Crippen LogP contribution is 1.91. The smallest absolute Gasteiger partial charge is 0.293 e. The zero-order valence-corrected chi connectivity index (χ0v) is 5.44. The van der Waals surface area contributed by atoms with Gasteiger partial charge in [0.05, 0.1) is 6.61 Å². The first-order chi connectivity index (χ1) is 3.91. The Kier molecular flexibility index (Phi) is 6.59. The number of carbonyl (C=O) groups is 1. The third-order valence-electron chi connectivity index (χ3n) is 0.470. The zero-order valence-electron chi connectivity index (χ0n) is 4.62. The van der Waals surface area contributed by atoms with E-state index in [2.05, 4.69) is 4.74 Å². The van der Waals surface area contributed by atoms with Crippen LogP contribution in [-0.4, -0.2) is 25.9 Å². The van der Waals surface area contributed by atoms with Gasteiger partial charge in [-0.1, -0.05) is 0 Å². The Morgan fingerprint density at radius 3 is 2.88 bits per heavy atom. The lowest BCUT2D eigenvalue weighted by Crippen LogP contribution is -1.97. The van der Waals surface area contributed by atoms with E-state index < -0.39 is 0 Å². The molecule has 4 heteroatoms. The van der Waals surface area contributed by atoms with Crippen LogP contribution >= 0.6 is 12.0 Å². The van der Waals surface area contributed by atoms with Gasteiger partial charge in [-0.25, -0.2) is 0 Å². The van der Waals surface area contributed by atoms with E-state index in [-0.39, 0.29) is 0 Å². The third kappa shape index (κ3) is 5.78. The van der Waals surface area contributed by atoms with Gasteiger partial charge in [0.15, 0.2) is 0 Å². The molecule has 0 atom stereocenters. The lowest BCUT2D eigenvalue weighted by Gasteiger charge is -1.95. The van der Waals surface area contributed by atoms with Crippen LogP contribution in [0.2, 0.25) is 0 Å². The van der Waals surface area contributed by atoms with Crippen LogP contribution in [0.25, 0.3) is 0 Å². The number of rotatable bonds is 5. The maximum Gasteiger partial charge on any atom is 0.293 e. The van der Waals surface area contributed by atoms with Crippen LogP contribution in [0.15, 0.2) is 0 Å². The molecule has 0 aromatic carbocycles. The Balaban J connectivity index is 2.62. The topological polar surface area (TPSA) is 35.5 Å². The molecule has 0 amide bonds. The van der Waals surface area contributed by atoms with E-state index in [1.54, 1.807) is 6.26 Å². The lowest BCUT2D eigenvalue weighted by molar-refractivity contribution is -0.129. The van der Waals surface area contributed by atoms with E-state index in [1.807, 2.05) is 0 Å². The highest BCUT2D eigenvalue weighted by atomic mass is 32.2. The first-order valence-electron chi connectivity index (χ1n) is 2.12. The fourth-order valence-electron chi connectivity index (χ4n) is 0.214. The van der Waals surface area contributed by atoms with Gasteiger partial charge >= 0.3 is 0 Å². The molecule has 0 aliphatic heterocycles. The van der Waals surface area contributed by atoms with E-state index in [0.717, 1.165) is 0 Å². The molecule has 0 unspecified atom stereocenters. The van der Waals surface area contributed by atoms with Gasteiger partial charge in [0.25, 0.3) is 6.47 Å². The Morgan fingerprint density at radius 2 is 2.38 bits per heavy atom. The van der Waals surface area contributed by atoms with Crippen molar-refractivity contribution in [2.24, 2.45) is 0 Å². The molecule has 0 rings (SSSR count). The van der Waals surface area contributed by atoms with Crippen molar-refractivity contribution >= 4 is 18.5 Å². The van der Waals surface area contributed by atoms with Gasteiger partial charge in [-0.2, -0.15) is 0 Å². The van der Waals surface area contributed by atoms with Gasteiger partial charge in [0.2, 0.25) is 0 Å². The summed E-state index contributed by atoms with van der Waals surface area (Å²) >= 11 is 1.26. The number of carbonyl (C=O) groups excluding carboxylic acids is 1. The summed E-state index contributed by atoms with van der Waals surface area (Å²) in [4.78, 5) is 9.48. The van der Waals surface area contributed by atoms with Crippen LogP contribution in [0.4, 0.5) is 0 Å². The molecule has 0 spiro atoms. The van der Waals surface area contributed by atoms with E-state index in [9.17, 15) is 4.79 Å². The van der Waals surface area contributed by atoms with Crippen molar-refractivity contribution in [3.63, 3.8) is 0 Å². The predicted octanol–water partition coefficient (Wildman–Crippen LogP) is 0.454. The summed E-state index contributed by atoms with van der Waals surface area (Å²) in [6.45, 7) is 1.20. The fraction of sp³-hybridized carbons (Fsp3) is 0.750. The van der Waals surface area contributed by atoms with Crippen molar-refractivity contribution in [1.82, 2.24) is 0 Å². The average molecular weight is 136 g/mol. The Bertz CT molecular complexity index is 57.2. The molecule has 0 aromatic heterocycles. The van der Waals surface area contributed by atoms with Crippen LogP contribution in [-0.2, 0) is 13.7 Å². The van der Waals surface area contributed by atoms with Crippen LogP contribution < -0.4 is 0 Å². The second-order valence-corrected chi connectivity index (χ2v) is 1.52. The predicted molar refractivity (Wildman–Crippen MR) is 31.5 cm³/mol. The van der Waals surface area contributed by atoms with Crippen molar-refractivity contribution in [2.75, 3.05) is 19.5 Å². The minimum atomic E-state index is 0.338. The Hall–Kier alpha value is -0.220. The minimum absolute atomic E-state index is 0.338. The molecule has 0 fully saturated rings. The quantitative estimate of drug-likeness (QED) is 0.312. The molecular weight excluding hydrogens is 128 g/mol. The summed E-state index contributed by atoms with van der Waals surface area (Å²) in [6.07, 6.45) is 1.81. The van der Waals surface area contributed by atoms with Gasteiger partial charge in [-0.05, 0) is 12.0 Å². The van der Waals surface area contributed by atoms with Gasteiger partial charge in [-0.3, -0.25) is 4.79 Å². The number of hydrogen-bond donors (Lipinski definition) is 0. The molecular formula is C4H8O3S. The molecule has 0 saturated heterocycles. The van der Waals surface area contributed by atoms with E-state index in [0.29, 0.717) is 19.7 Å². The summed E-state index contributed by atoms with van der Waals surface area (Å²) in [6, 6.07) is 0. The molecule has 0 N–H and O–H groups in total. The first-order valence-corrected chi connectivity index (χ1v) is 3.27. The zero-order chi connectivity index (χ0) is 6.24. The summed E-state index contributed by atoms with van der Waals surface area (Å²) < 4.78 is 9.09. The van der Waals surface area contributed by atoms with Crippen LogP contribution in [0.3, 0.4) is 0 Å². The molecule has 0 aliphatic carbocycles. The second-order valence-electron chi connectivity index (χ2n) is 0.956. The summed E-state index contributed by atoms with van der Waals surface area (Å²) in [5, 5.41) is 0. The maximum absolute atomic E-state index is 9.48. The Labute approximate surface area is 52.6 Å². The van der Waals surface area contributed by atoms with Crippen molar-refractivity contribution in [2.45, 2.75) is 0 Å². The summed E-state index contributed by atoms with van der Waals surface area (Å²) in [5.74, 6) is 0. The molecule has 8 heavy (non-hydrogen) atoms. The minimum Gasteiger partial charge on any atom is -0.465 e. The van der Waals surface area contributed by atoms with Crippen molar-refractivity contribution in [3.8, 4) is 0 Å². The summed E-state index contributed by atoms with van der Waals surface area (Å²) in [5.41, 5.74) is 0. The van der Waals surface area contributed by atoms with Crippen molar-refractivity contribution in [1.29, 1.82) is 0 Å². The summed E-state index contributed by atoms with van der Waals surface area (Å²) in [7, 11) is 0. The van der Waals surface area contributed by atoms with Crippen LogP contribution in [0.1, 0.15) is 0 Å². The maximum atomic E-state index is 9.48. The van der Waals surface area contributed by atoms with E-state index in [4.69, 9.17) is 4.18 Å². The van der Waals surface area contributed by atoms with Crippen molar-refractivity contribution < 1.29 is 13.7 Å². The molecule has 0 aliphatic rings. The molecule has 3 nitrogen and oxygen atoms in total. The molecule has 0 aromatic rings. The monoisotopic (exact) mass is 136 g/mol. The molecule has 0 heterocycles. The standard InChI is InChI=1S/C4H8O3S/c1-8-7-3-2-6-4-5/h4H,2-3H2,1H3. The van der Waals surface area contributed by atoms with Crippen LogP contribution in [0, 0.1) is 0 Å².